The second-order valence-corrected chi connectivity index (χ2v) is 8.05. The number of hydrogen-bond donors (Lipinski definition) is 2. The number of rotatable bonds is 9. The smallest absolute Gasteiger partial charge is 0.246 e. The minimum Gasteiger partial charge on any atom is -0.356 e. The van der Waals surface area contributed by atoms with Gasteiger partial charge >= 0.3 is 0 Å². The highest BCUT2D eigenvalue weighted by Gasteiger charge is 2.30. The maximum absolute atomic E-state index is 12.3. The maximum atomic E-state index is 12.3. The van der Waals surface area contributed by atoms with Gasteiger partial charge in [-0.15, -0.1) is 0 Å². The molecule has 1 heterocycles. The average molecular weight is 331 g/mol. The van der Waals surface area contributed by atoms with Gasteiger partial charge in [0.25, 0.3) is 0 Å². The fourth-order valence-electron chi connectivity index (χ4n) is 2.20. The van der Waals surface area contributed by atoms with Crippen molar-refractivity contribution >= 4 is 33.4 Å². The molecule has 1 fully saturated rings. The first-order valence-electron chi connectivity index (χ1n) is 7.56. The summed E-state index contributed by atoms with van der Waals surface area (Å²) in [6, 6.07) is 0. The summed E-state index contributed by atoms with van der Waals surface area (Å²) in [6.45, 7) is 8.57. The monoisotopic (exact) mass is 330 g/mol. The van der Waals surface area contributed by atoms with Gasteiger partial charge in [-0.25, -0.2) is 0 Å². The van der Waals surface area contributed by atoms with Crippen LogP contribution in [0.5, 0.6) is 0 Å². The number of carbonyl (C=O) groups excluding carboxylic acids is 2. The molecule has 21 heavy (non-hydrogen) atoms. The van der Waals surface area contributed by atoms with Crippen molar-refractivity contribution in [3.8, 4) is 0 Å². The SMILES string of the molecule is C=C(C)C(=O)NCCCNC(=O)C(CCC)C1CCSS1. The molecule has 0 aromatic heterocycles. The molecule has 2 atom stereocenters. The molecule has 0 aliphatic carbocycles. The lowest BCUT2D eigenvalue weighted by atomic mass is 9.96. The molecule has 120 valence electrons. The second kappa shape index (κ2) is 10.2. The molecule has 0 spiro atoms. The quantitative estimate of drug-likeness (QED) is 0.388. The number of nitrogens with one attached hydrogen (secondary N) is 2. The van der Waals surface area contributed by atoms with Gasteiger partial charge in [-0.1, -0.05) is 41.5 Å². The molecule has 4 nitrogen and oxygen atoms in total. The van der Waals surface area contributed by atoms with Crippen LogP contribution in [0.4, 0.5) is 0 Å². The minimum atomic E-state index is -0.121. The van der Waals surface area contributed by atoms with Gasteiger partial charge in [-0.05, 0) is 26.2 Å². The van der Waals surface area contributed by atoms with E-state index in [9.17, 15) is 9.59 Å². The fraction of sp³-hybridized carbons (Fsp3) is 0.733. The lowest BCUT2D eigenvalue weighted by Gasteiger charge is -2.21. The predicted octanol–water partition coefficient (Wildman–Crippen LogP) is 2.76. The normalized spacial score (nSPS) is 19.0. The van der Waals surface area contributed by atoms with E-state index in [1.807, 2.05) is 21.6 Å². The Morgan fingerprint density at radius 3 is 2.62 bits per heavy atom. The summed E-state index contributed by atoms with van der Waals surface area (Å²) in [7, 11) is 3.73. The molecule has 2 unspecified atom stereocenters. The topological polar surface area (TPSA) is 58.2 Å². The third kappa shape index (κ3) is 6.78. The largest absolute Gasteiger partial charge is 0.356 e. The molecular weight excluding hydrogens is 304 g/mol. The second-order valence-electron chi connectivity index (χ2n) is 5.32. The zero-order valence-corrected chi connectivity index (χ0v) is 14.6. The summed E-state index contributed by atoms with van der Waals surface area (Å²) >= 11 is 0. The zero-order chi connectivity index (χ0) is 15.7. The Bertz CT molecular complexity index is 369. The van der Waals surface area contributed by atoms with Gasteiger partial charge in [0.2, 0.25) is 11.8 Å². The van der Waals surface area contributed by atoms with Gasteiger partial charge in [-0.3, -0.25) is 9.59 Å². The van der Waals surface area contributed by atoms with E-state index in [0.717, 1.165) is 31.4 Å². The summed E-state index contributed by atoms with van der Waals surface area (Å²) < 4.78 is 0. The van der Waals surface area contributed by atoms with Gasteiger partial charge in [0, 0.05) is 29.7 Å². The Labute approximate surface area is 135 Å². The Kier molecular flexibility index (Phi) is 8.92. The van der Waals surface area contributed by atoms with E-state index in [4.69, 9.17) is 0 Å². The first kappa shape index (κ1) is 18.4. The third-order valence-electron chi connectivity index (χ3n) is 3.39. The fourth-order valence-corrected chi connectivity index (χ4v) is 5.37. The zero-order valence-electron chi connectivity index (χ0n) is 12.9. The molecule has 0 radical (unpaired) electrons. The van der Waals surface area contributed by atoms with E-state index in [0.29, 0.717) is 23.9 Å². The number of carbonyl (C=O) groups is 2. The van der Waals surface area contributed by atoms with E-state index in [1.165, 1.54) is 0 Å². The van der Waals surface area contributed by atoms with Gasteiger partial charge < -0.3 is 10.6 Å². The molecule has 1 aliphatic rings. The Morgan fingerprint density at radius 2 is 2.05 bits per heavy atom. The van der Waals surface area contributed by atoms with E-state index < -0.39 is 0 Å². The van der Waals surface area contributed by atoms with Gasteiger partial charge in [0.1, 0.15) is 0 Å². The van der Waals surface area contributed by atoms with Crippen LogP contribution in [0.3, 0.4) is 0 Å². The molecular formula is C15H26N2O2S2. The van der Waals surface area contributed by atoms with E-state index in [1.54, 1.807) is 6.92 Å². The molecule has 6 heteroatoms. The highest BCUT2D eigenvalue weighted by Crippen LogP contribution is 2.42. The first-order valence-corrected chi connectivity index (χ1v) is 9.94. The van der Waals surface area contributed by atoms with Crippen molar-refractivity contribution < 1.29 is 9.59 Å². The number of hydrogen-bond acceptors (Lipinski definition) is 4. The van der Waals surface area contributed by atoms with Crippen molar-refractivity contribution in [2.24, 2.45) is 5.92 Å². The molecule has 0 saturated carbocycles. The van der Waals surface area contributed by atoms with Crippen LogP contribution < -0.4 is 10.6 Å². The summed E-state index contributed by atoms with van der Waals surface area (Å²) in [4.78, 5) is 23.6. The molecule has 2 N–H and O–H groups in total. The standard InChI is InChI=1S/C15H26N2O2S2/c1-4-6-12(13-7-10-20-21-13)15(19)17-9-5-8-16-14(18)11(2)3/h12-13H,2,4-10H2,1,3H3,(H,16,18)(H,17,19). The summed E-state index contributed by atoms with van der Waals surface area (Å²) in [5.41, 5.74) is 0.512. The van der Waals surface area contributed by atoms with Crippen molar-refractivity contribution in [1.82, 2.24) is 10.6 Å². The van der Waals surface area contributed by atoms with Crippen molar-refractivity contribution in [1.29, 1.82) is 0 Å². The van der Waals surface area contributed by atoms with E-state index in [-0.39, 0.29) is 17.7 Å². The lowest BCUT2D eigenvalue weighted by Crippen LogP contribution is -2.37. The van der Waals surface area contributed by atoms with Gasteiger partial charge in [0.05, 0.1) is 5.92 Å². The van der Waals surface area contributed by atoms with Gasteiger partial charge in [-0.2, -0.15) is 0 Å². The van der Waals surface area contributed by atoms with Crippen LogP contribution in [0.2, 0.25) is 0 Å². The Morgan fingerprint density at radius 1 is 1.33 bits per heavy atom. The molecule has 2 amide bonds. The van der Waals surface area contributed by atoms with Crippen LogP contribution in [-0.2, 0) is 9.59 Å². The molecule has 0 bridgehead atoms. The van der Waals surface area contributed by atoms with Crippen molar-refractivity contribution in [3.05, 3.63) is 12.2 Å². The first-order chi connectivity index (χ1) is 10.1. The van der Waals surface area contributed by atoms with Crippen molar-refractivity contribution in [2.45, 2.75) is 44.8 Å². The van der Waals surface area contributed by atoms with Crippen LogP contribution in [0.1, 0.15) is 39.5 Å². The van der Waals surface area contributed by atoms with Gasteiger partial charge in [0.15, 0.2) is 0 Å². The Balaban J connectivity index is 2.24. The Hall–Kier alpha value is -0.620. The van der Waals surface area contributed by atoms with Crippen molar-refractivity contribution in [2.75, 3.05) is 18.8 Å². The van der Waals surface area contributed by atoms with E-state index in [2.05, 4.69) is 24.1 Å². The van der Waals surface area contributed by atoms with Crippen LogP contribution in [0.15, 0.2) is 12.2 Å². The lowest BCUT2D eigenvalue weighted by molar-refractivity contribution is -0.125. The summed E-state index contributed by atoms with van der Waals surface area (Å²) in [6.07, 6.45) is 3.86. The van der Waals surface area contributed by atoms with Crippen LogP contribution >= 0.6 is 21.6 Å². The average Bonchev–Trinajstić information content (AvgIpc) is 2.97. The molecule has 1 aliphatic heterocycles. The predicted molar refractivity (Wildman–Crippen MR) is 92.3 cm³/mol. The molecule has 1 saturated heterocycles. The molecule has 1 rings (SSSR count). The number of amides is 2. The van der Waals surface area contributed by atoms with Crippen LogP contribution in [0.25, 0.3) is 0 Å². The van der Waals surface area contributed by atoms with Crippen LogP contribution in [0, 0.1) is 5.92 Å². The summed E-state index contributed by atoms with van der Waals surface area (Å²) in [5.74, 6) is 1.32. The third-order valence-corrected chi connectivity index (χ3v) is 6.39. The maximum Gasteiger partial charge on any atom is 0.246 e. The van der Waals surface area contributed by atoms with Crippen LogP contribution in [-0.4, -0.2) is 35.9 Å². The molecule has 0 aromatic rings. The molecule has 0 aromatic carbocycles. The van der Waals surface area contributed by atoms with E-state index >= 15 is 0 Å². The minimum absolute atomic E-state index is 0.121. The highest BCUT2D eigenvalue weighted by molar-refractivity contribution is 8.77. The highest BCUT2D eigenvalue weighted by atomic mass is 33.1. The van der Waals surface area contributed by atoms with Crippen molar-refractivity contribution in [3.63, 3.8) is 0 Å². The summed E-state index contributed by atoms with van der Waals surface area (Å²) in [5, 5.41) is 6.24.